The molecule has 1 aliphatic rings. The Morgan fingerprint density at radius 2 is 1.97 bits per heavy atom. The van der Waals surface area contributed by atoms with Gasteiger partial charge in [0.05, 0.1) is 12.6 Å². The van der Waals surface area contributed by atoms with Crippen LogP contribution in [0, 0.1) is 0 Å². The minimum atomic E-state index is -0.240. The fourth-order valence-corrected chi connectivity index (χ4v) is 3.47. The molecule has 0 unspecified atom stereocenters. The predicted molar refractivity (Wildman–Crippen MR) is 110 cm³/mol. The van der Waals surface area contributed by atoms with Gasteiger partial charge < -0.3 is 24.0 Å². The smallest absolute Gasteiger partial charge is 0.409 e. The lowest BCUT2D eigenvalue weighted by Gasteiger charge is -2.32. The van der Waals surface area contributed by atoms with E-state index in [1.165, 1.54) is 6.33 Å². The molecule has 0 radical (unpaired) electrons. The standard InChI is InChI=1S/C21H30N4O4/c1-4-24(5-2)10-11-28-21(26)25-8-6-17(7-9-25)29-20-12-16-14-22-15-23-18(16)13-19(20)27-3/h12-15,17H,4-11H2,1-3H3. The number of piperidine rings is 1. The number of hydrogen-bond acceptors (Lipinski definition) is 7. The van der Waals surface area contributed by atoms with Gasteiger partial charge in [-0.1, -0.05) is 13.8 Å². The summed E-state index contributed by atoms with van der Waals surface area (Å²) in [5, 5.41) is 0.900. The van der Waals surface area contributed by atoms with Crippen molar-refractivity contribution < 1.29 is 19.0 Å². The molecule has 2 heterocycles. The Balaban J connectivity index is 1.51. The number of amides is 1. The van der Waals surface area contributed by atoms with E-state index in [0.717, 1.165) is 43.4 Å². The van der Waals surface area contributed by atoms with Gasteiger partial charge in [0.2, 0.25) is 0 Å². The lowest BCUT2D eigenvalue weighted by molar-refractivity contribution is 0.0617. The average molecular weight is 402 g/mol. The molecule has 3 rings (SSSR count). The second kappa shape index (κ2) is 10.2. The van der Waals surface area contributed by atoms with Crippen LogP contribution in [0.4, 0.5) is 4.79 Å². The predicted octanol–water partition coefficient (Wildman–Crippen LogP) is 2.96. The highest BCUT2D eigenvalue weighted by Gasteiger charge is 2.25. The van der Waals surface area contributed by atoms with Crippen molar-refractivity contribution in [1.82, 2.24) is 19.8 Å². The number of fused-ring (bicyclic) bond motifs is 1. The van der Waals surface area contributed by atoms with Crippen LogP contribution in [0.25, 0.3) is 10.9 Å². The van der Waals surface area contributed by atoms with Crippen molar-refractivity contribution in [2.45, 2.75) is 32.8 Å². The van der Waals surface area contributed by atoms with Gasteiger partial charge in [-0.3, -0.25) is 0 Å². The average Bonchev–Trinajstić information content (AvgIpc) is 2.76. The topological polar surface area (TPSA) is 77.0 Å². The number of carbonyl (C=O) groups excluding carboxylic acids is 1. The second-order valence-corrected chi connectivity index (χ2v) is 7.03. The molecule has 0 spiro atoms. The van der Waals surface area contributed by atoms with Crippen molar-refractivity contribution in [1.29, 1.82) is 0 Å². The molecular formula is C21H30N4O4. The normalized spacial score (nSPS) is 15.0. The van der Waals surface area contributed by atoms with Crippen LogP contribution in [0.2, 0.25) is 0 Å². The summed E-state index contributed by atoms with van der Waals surface area (Å²) in [7, 11) is 1.62. The number of aromatic nitrogens is 2. The summed E-state index contributed by atoms with van der Waals surface area (Å²) >= 11 is 0. The Labute approximate surface area is 171 Å². The molecule has 158 valence electrons. The van der Waals surface area contributed by atoms with E-state index >= 15 is 0 Å². The summed E-state index contributed by atoms with van der Waals surface area (Å²) in [5.74, 6) is 1.32. The van der Waals surface area contributed by atoms with Gasteiger partial charge in [0.25, 0.3) is 0 Å². The quantitative estimate of drug-likeness (QED) is 0.672. The van der Waals surface area contributed by atoms with Gasteiger partial charge in [-0.25, -0.2) is 14.8 Å². The molecule has 1 aromatic heterocycles. The Kier molecular flexibility index (Phi) is 7.46. The summed E-state index contributed by atoms with van der Waals surface area (Å²) in [6.07, 6.45) is 4.54. The van der Waals surface area contributed by atoms with Gasteiger partial charge >= 0.3 is 6.09 Å². The highest BCUT2D eigenvalue weighted by Crippen LogP contribution is 2.33. The number of rotatable bonds is 8. The first-order valence-corrected chi connectivity index (χ1v) is 10.2. The molecule has 1 aliphatic heterocycles. The Morgan fingerprint density at radius 1 is 1.21 bits per heavy atom. The molecule has 1 fully saturated rings. The summed E-state index contributed by atoms with van der Waals surface area (Å²) in [6, 6.07) is 3.76. The molecule has 1 aromatic carbocycles. The highest BCUT2D eigenvalue weighted by atomic mass is 16.6. The van der Waals surface area contributed by atoms with Crippen LogP contribution in [-0.4, -0.2) is 78.4 Å². The number of likely N-dealkylation sites (N-methyl/N-ethyl adjacent to an activating group) is 1. The zero-order valence-electron chi connectivity index (χ0n) is 17.5. The fraction of sp³-hybridized carbons (Fsp3) is 0.571. The van der Waals surface area contributed by atoms with E-state index < -0.39 is 0 Å². The molecule has 8 nitrogen and oxygen atoms in total. The van der Waals surface area contributed by atoms with E-state index in [4.69, 9.17) is 14.2 Å². The van der Waals surface area contributed by atoms with Crippen LogP contribution in [-0.2, 0) is 4.74 Å². The molecule has 0 N–H and O–H groups in total. The Morgan fingerprint density at radius 3 is 2.66 bits per heavy atom. The third kappa shape index (κ3) is 5.47. The molecule has 2 aromatic rings. The second-order valence-electron chi connectivity index (χ2n) is 7.03. The van der Waals surface area contributed by atoms with Crippen molar-refractivity contribution in [2.75, 3.05) is 46.4 Å². The molecule has 1 amide bonds. The van der Waals surface area contributed by atoms with Crippen LogP contribution in [0.5, 0.6) is 11.5 Å². The van der Waals surface area contributed by atoms with E-state index in [1.807, 2.05) is 12.1 Å². The van der Waals surface area contributed by atoms with E-state index in [9.17, 15) is 4.79 Å². The number of nitrogens with zero attached hydrogens (tertiary/aromatic N) is 4. The molecule has 29 heavy (non-hydrogen) atoms. The molecule has 0 atom stereocenters. The maximum absolute atomic E-state index is 12.3. The van der Waals surface area contributed by atoms with Crippen molar-refractivity contribution >= 4 is 17.0 Å². The Bertz CT molecular complexity index is 804. The van der Waals surface area contributed by atoms with Gasteiger partial charge in [-0.05, 0) is 19.2 Å². The number of hydrogen-bond donors (Lipinski definition) is 0. The van der Waals surface area contributed by atoms with Gasteiger partial charge in [-0.2, -0.15) is 0 Å². The van der Waals surface area contributed by atoms with E-state index in [1.54, 1.807) is 18.2 Å². The third-order valence-electron chi connectivity index (χ3n) is 5.31. The summed E-state index contributed by atoms with van der Waals surface area (Å²) in [6.45, 7) is 8.56. The van der Waals surface area contributed by atoms with E-state index in [0.29, 0.717) is 31.2 Å². The zero-order valence-corrected chi connectivity index (χ0v) is 17.5. The number of carbonyl (C=O) groups is 1. The van der Waals surface area contributed by atoms with Crippen LogP contribution in [0.15, 0.2) is 24.7 Å². The van der Waals surface area contributed by atoms with Crippen molar-refractivity contribution in [3.8, 4) is 11.5 Å². The van der Waals surface area contributed by atoms with E-state index in [-0.39, 0.29) is 12.2 Å². The molecule has 0 aliphatic carbocycles. The van der Waals surface area contributed by atoms with Crippen LogP contribution >= 0.6 is 0 Å². The minimum absolute atomic E-state index is 0.0192. The molecular weight excluding hydrogens is 372 g/mol. The zero-order chi connectivity index (χ0) is 20.6. The van der Waals surface area contributed by atoms with Gasteiger partial charge in [-0.15, -0.1) is 0 Å². The summed E-state index contributed by atoms with van der Waals surface area (Å²) in [4.78, 5) is 24.6. The molecule has 0 bridgehead atoms. The minimum Gasteiger partial charge on any atom is -0.493 e. The lowest BCUT2D eigenvalue weighted by atomic mass is 10.1. The summed E-state index contributed by atoms with van der Waals surface area (Å²) < 4.78 is 17.1. The van der Waals surface area contributed by atoms with Crippen LogP contribution in [0.3, 0.4) is 0 Å². The maximum atomic E-state index is 12.3. The molecule has 0 saturated carbocycles. The first-order chi connectivity index (χ1) is 14.1. The Hall–Kier alpha value is -2.61. The number of benzene rings is 1. The number of ether oxygens (including phenoxy) is 3. The third-order valence-corrected chi connectivity index (χ3v) is 5.31. The summed E-state index contributed by atoms with van der Waals surface area (Å²) in [5.41, 5.74) is 0.812. The van der Waals surface area contributed by atoms with Crippen molar-refractivity contribution in [3.05, 3.63) is 24.7 Å². The van der Waals surface area contributed by atoms with Gasteiger partial charge in [0, 0.05) is 50.1 Å². The highest BCUT2D eigenvalue weighted by molar-refractivity contribution is 5.81. The fourth-order valence-electron chi connectivity index (χ4n) is 3.47. The van der Waals surface area contributed by atoms with Crippen LogP contribution in [0.1, 0.15) is 26.7 Å². The monoisotopic (exact) mass is 402 g/mol. The van der Waals surface area contributed by atoms with Crippen molar-refractivity contribution in [3.63, 3.8) is 0 Å². The van der Waals surface area contributed by atoms with Gasteiger partial charge in [0.1, 0.15) is 19.0 Å². The van der Waals surface area contributed by atoms with Crippen molar-refractivity contribution in [2.24, 2.45) is 0 Å². The maximum Gasteiger partial charge on any atom is 0.409 e. The first-order valence-electron chi connectivity index (χ1n) is 10.2. The number of likely N-dealkylation sites (tertiary alicyclic amines) is 1. The molecule has 8 heteroatoms. The first kappa shape index (κ1) is 21.1. The molecule has 1 saturated heterocycles. The lowest BCUT2D eigenvalue weighted by Crippen LogP contribution is -2.42. The van der Waals surface area contributed by atoms with E-state index in [2.05, 4.69) is 28.7 Å². The largest absolute Gasteiger partial charge is 0.493 e. The number of methoxy groups -OCH3 is 1. The SMILES string of the molecule is CCN(CC)CCOC(=O)N1CCC(Oc2cc3cncnc3cc2OC)CC1. The van der Waals surface area contributed by atoms with Crippen LogP contribution < -0.4 is 9.47 Å². The van der Waals surface area contributed by atoms with Gasteiger partial charge in [0.15, 0.2) is 11.5 Å².